The number of hydrogen-bond donors (Lipinski definition) is 1. The van der Waals surface area contributed by atoms with Crippen LogP contribution in [-0.2, 0) is 0 Å². The molecule has 0 bridgehead atoms. The highest BCUT2D eigenvalue weighted by Crippen LogP contribution is 2.13. The SMILES string of the molecule is S=c1ccc(-c2ccccc2)n[nH]1. The van der Waals surface area contributed by atoms with Crippen LogP contribution in [0.25, 0.3) is 11.3 Å². The van der Waals surface area contributed by atoms with Crippen LogP contribution in [0.3, 0.4) is 0 Å². The summed E-state index contributed by atoms with van der Waals surface area (Å²) in [5.74, 6) is 0. The zero-order valence-electron chi connectivity index (χ0n) is 6.90. The van der Waals surface area contributed by atoms with Crippen LogP contribution in [0.2, 0.25) is 0 Å². The lowest BCUT2D eigenvalue weighted by Gasteiger charge is -1.97. The third-order valence-corrected chi connectivity index (χ3v) is 1.98. The van der Waals surface area contributed by atoms with Crippen molar-refractivity contribution in [2.45, 2.75) is 0 Å². The first-order valence-electron chi connectivity index (χ1n) is 3.97. The van der Waals surface area contributed by atoms with Gasteiger partial charge in [-0.05, 0) is 12.1 Å². The second kappa shape index (κ2) is 3.49. The minimum atomic E-state index is 0.652. The Bertz CT molecular complexity index is 427. The molecule has 1 N–H and O–H groups in total. The van der Waals surface area contributed by atoms with Gasteiger partial charge in [0.1, 0.15) is 4.64 Å². The highest BCUT2D eigenvalue weighted by atomic mass is 32.1. The molecule has 1 heterocycles. The van der Waals surface area contributed by atoms with E-state index >= 15 is 0 Å². The minimum Gasteiger partial charge on any atom is -0.267 e. The van der Waals surface area contributed by atoms with Crippen LogP contribution in [0.5, 0.6) is 0 Å². The molecule has 0 aliphatic heterocycles. The number of rotatable bonds is 1. The fraction of sp³-hybridized carbons (Fsp3) is 0. The third kappa shape index (κ3) is 1.81. The standard InChI is InChI=1S/C10H8N2S/c13-10-7-6-9(11-12-10)8-4-2-1-3-5-8/h1-7H,(H,12,13). The van der Waals surface area contributed by atoms with Gasteiger partial charge in [-0.1, -0.05) is 42.5 Å². The lowest BCUT2D eigenvalue weighted by Crippen LogP contribution is -1.85. The Morgan fingerprint density at radius 3 is 2.38 bits per heavy atom. The Balaban J connectivity index is 2.48. The van der Waals surface area contributed by atoms with Crippen LogP contribution < -0.4 is 0 Å². The molecule has 2 rings (SSSR count). The van der Waals surface area contributed by atoms with Crippen LogP contribution >= 0.6 is 12.2 Å². The van der Waals surface area contributed by atoms with Gasteiger partial charge in [-0.25, -0.2) is 0 Å². The monoisotopic (exact) mass is 188 g/mol. The van der Waals surface area contributed by atoms with Gasteiger partial charge < -0.3 is 0 Å². The zero-order valence-corrected chi connectivity index (χ0v) is 7.71. The van der Waals surface area contributed by atoms with E-state index in [1.165, 1.54) is 0 Å². The fourth-order valence-corrected chi connectivity index (χ4v) is 1.23. The van der Waals surface area contributed by atoms with Crippen molar-refractivity contribution in [3.05, 3.63) is 47.1 Å². The summed E-state index contributed by atoms with van der Waals surface area (Å²) in [5.41, 5.74) is 2.00. The van der Waals surface area contributed by atoms with Crippen LogP contribution in [-0.4, -0.2) is 10.2 Å². The van der Waals surface area contributed by atoms with Crippen molar-refractivity contribution >= 4 is 12.2 Å². The summed E-state index contributed by atoms with van der Waals surface area (Å²) in [5, 5.41) is 6.88. The Morgan fingerprint density at radius 2 is 1.77 bits per heavy atom. The summed E-state index contributed by atoms with van der Waals surface area (Å²) in [7, 11) is 0. The number of benzene rings is 1. The van der Waals surface area contributed by atoms with E-state index in [4.69, 9.17) is 12.2 Å². The van der Waals surface area contributed by atoms with E-state index < -0.39 is 0 Å². The van der Waals surface area contributed by atoms with Crippen molar-refractivity contribution in [1.29, 1.82) is 0 Å². The van der Waals surface area contributed by atoms with E-state index in [-0.39, 0.29) is 0 Å². The van der Waals surface area contributed by atoms with Crippen molar-refractivity contribution < 1.29 is 0 Å². The highest BCUT2D eigenvalue weighted by Gasteiger charge is 1.95. The number of H-pyrrole nitrogens is 1. The smallest absolute Gasteiger partial charge is 0.119 e. The number of nitrogens with one attached hydrogen (secondary N) is 1. The van der Waals surface area contributed by atoms with Gasteiger partial charge in [0.15, 0.2) is 0 Å². The van der Waals surface area contributed by atoms with Gasteiger partial charge in [0, 0.05) is 5.56 Å². The van der Waals surface area contributed by atoms with Crippen LogP contribution in [0.4, 0.5) is 0 Å². The molecule has 0 saturated heterocycles. The number of aromatic amines is 1. The van der Waals surface area contributed by atoms with Gasteiger partial charge >= 0.3 is 0 Å². The molecule has 0 saturated carbocycles. The molecule has 0 atom stereocenters. The average Bonchev–Trinajstić information content (AvgIpc) is 2.20. The molecule has 64 valence electrons. The maximum absolute atomic E-state index is 4.90. The molecule has 0 aliphatic carbocycles. The number of hydrogen-bond acceptors (Lipinski definition) is 2. The largest absolute Gasteiger partial charge is 0.267 e. The average molecular weight is 188 g/mol. The first-order valence-corrected chi connectivity index (χ1v) is 4.38. The lowest BCUT2D eigenvalue weighted by molar-refractivity contribution is 1.02. The van der Waals surface area contributed by atoms with Gasteiger partial charge in [-0.15, -0.1) is 0 Å². The lowest BCUT2D eigenvalue weighted by atomic mass is 10.1. The van der Waals surface area contributed by atoms with E-state index in [0.29, 0.717) is 4.64 Å². The molecule has 1 aromatic carbocycles. The van der Waals surface area contributed by atoms with Crippen molar-refractivity contribution in [3.8, 4) is 11.3 Å². The molecule has 2 aromatic rings. The Labute approximate surface area is 81.3 Å². The van der Waals surface area contributed by atoms with E-state index in [9.17, 15) is 0 Å². The summed E-state index contributed by atoms with van der Waals surface area (Å²) in [4.78, 5) is 0. The molecule has 13 heavy (non-hydrogen) atoms. The molecule has 2 nitrogen and oxygen atoms in total. The van der Waals surface area contributed by atoms with E-state index in [1.54, 1.807) is 0 Å². The van der Waals surface area contributed by atoms with Crippen molar-refractivity contribution in [2.24, 2.45) is 0 Å². The van der Waals surface area contributed by atoms with Crippen LogP contribution in [0, 0.1) is 4.64 Å². The maximum Gasteiger partial charge on any atom is 0.119 e. The van der Waals surface area contributed by atoms with Crippen molar-refractivity contribution in [1.82, 2.24) is 10.2 Å². The van der Waals surface area contributed by atoms with Crippen molar-refractivity contribution in [2.75, 3.05) is 0 Å². The van der Waals surface area contributed by atoms with Gasteiger partial charge in [0.25, 0.3) is 0 Å². The van der Waals surface area contributed by atoms with E-state index in [2.05, 4.69) is 10.2 Å². The predicted molar refractivity (Wildman–Crippen MR) is 54.9 cm³/mol. The molecular weight excluding hydrogens is 180 g/mol. The fourth-order valence-electron chi connectivity index (χ4n) is 1.11. The second-order valence-electron chi connectivity index (χ2n) is 2.67. The van der Waals surface area contributed by atoms with Crippen molar-refractivity contribution in [3.63, 3.8) is 0 Å². The van der Waals surface area contributed by atoms with E-state index in [1.807, 2.05) is 42.5 Å². The summed E-state index contributed by atoms with van der Waals surface area (Å²) in [6.45, 7) is 0. The van der Waals surface area contributed by atoms with Crippen LogP contribution in [0.15, 0.2) is 42.5 Å². The molecule has 0 unspecified atom stereocenters. The van der Waals surface area contributed by atoms with Gasteiger partial charge in [-0.3, -0.25) is 5.10 Å². The maximum atomic E-state index is 4.90. The Kier molecular flexibility index (Phi) is 2.19. The molecule has 0 spiro atoms. The molecular formula is C10H8N2S. The van der Waals surface area contributed by atoms with E-state index in [0.717, 1.165) is 11.3 Å². The molecule has 0 aliphatic rings. The van der Waals surface area contributed by atoms with Crippen LogP contribution in [0.1, 0.15) is 0 Å². The quantitative estimate of drug-likeness (QED) is 0.697. The van der Waals surface area contributed by atoms with Gasteiger partial charge in [0.05, 0.1) is 5.69 Å². The molecule has 3 heteroatoms. The molecule has 0 radical (unpaired) electrons. The Hall–Kier alpha value is -1.48. The first kappa shape index (κ1) is 8.13. The number of nitrogens with zero attached hydrogens (tertiary/aromatic N) is 1. The molecule has 1 aromatic heterocycles. The van der Waals surface area contributed by atoms with Gasteiger partial charge in [0.2, 0.25) is 0 Å². The summed E-state index contributed by atoms with van der Waals surface area (Å²) < 4.78 is 0.652. The molecule has 0 amide bonds. The predicted octanol–water partition coefficient (Wildman–Crippen LogP) is 2.81. The topological polar surface area (TPSA) is 28.7 Å². The summed E-state index contributed by atoms with van der Waals surface area (Å²) in [6.07, 6.45) is 0. The highest BCUT2D eigenvalue weighted by molar-refractivity contribution is 7.71. The first-order chi connectivity index (χ1) is 6.36. The number of aromatic nitrogens is 2. The normalized spacial score (nSPS) is 9.85. The minimum absolute atomic E-state index is 0.652. The van der Waals surface area contributed by atoms with Gasteiger partial charge in [-0.2, -0.15) is 5.10 Å². The zero-order chi connectivity index (χ0) is 9.10. The summed E-state index contributed by atoms with van der Waals surface area (Å²) in [6, 6.07) is 13.7. The second-order valence-corrected chi connectivity index (χ2v) is 3.11. The summed E-state index contributed by atoms with van der Waals surface area (Å²) >= 11 is 4.90. The Morgan fingerprint density at radius 1 is 1.00 bits per heavy atom. The molecule has 0 fully saturated rings. The third-order valence-electron chi connectivity index (χ3n) is 1.75.